The summed E-state index contributed by atoms with van der Waals surface area (Å²) in [5, 5.41) is 7.83. The van der Waals surface area contributed by atoms with Crippen molar-refractivity contribution in [1.29, 1.82) is 0 Å². The van der Waals surface area contributed by atoms with Crippen molar-refractivity contribution in [2.75, 3.05) is 45.7 Å². The van der Waals surface area contributed by atoms with Gasteiger partial charge in [0.25, 0.3) is 5.56 Å². The van der Waals surface area contributed by atoms with Crippen LogP contribution in [0.25, 0.3) is 15.5 Å². The standard InChI is InChI=1S/C25H25FN6O4S/c1-35-20-11-18(12-21(14-20)36-2)27-24(34)31-9-7-30(8-10-31)15-19-13-22(33)32-25(28-19)37-23(29-32)16-3-5-17(26)6-4-16/h3-6,11-14H,7-10,15H2,1-2H3,(H,27,34). The highest BCUT2D eigenvalue weighted by atomic mass is 32.1. The lowest BCUT2D eigenvalue weighted by Crippen LogP contribution is -2.49. The number of ether oxygens (including phenoxy) is 2. The molecule has 2 aromatic carbocycles. The van der Waals surface area contributed by atoms with Crippen molar-refractivity contribution in [2.45, 2.75) is 6.54 Å². The van der Waals surface area contributed by atoms with Gasteiger partial charge in [0.1, 0.15) is 22.3 Å². The van der Waals surface area contributed by atoms with Crippen LogP contribution in [0.15, 0.2) is 53.3 Å². The summed E-state index contributed by atoms with van der Waals surface area (Å²) in [6, 6.07) is 12.4. The molecular weight excluding hydrogens is 499 g/mol. The monoisotopic (exact) mass is 524 g/mol. The summed E-state index contributed by atoms with van der Waals surface area (Å²) in [5.74, 6) is 0.844. The van der Waals surface area contributed by atoms with E-state index in [0.29, 0.717) is 65.6 Å². The smallest absolute Gasteiger partial charge is 0.321 e. The highest BCUT2D eigenvalue weighted by Crippen LogP contribution is 2.26. The molecule has 5 rings (SSSR count). The summed E-state index contributed by atoms with van der Waals surface area (Å²) >= 11 is 1.28. The summed E-state index contributed by atoms with van der Waals surface area (Å²) in [6.07, 6.45) is 0. The number of carbonyl (C=O) groups excluding carboxylic acids is 1. The van der Waals surface area contributed by atoms with Gasteiger partial charge >= 0.3 is 6.03 Å². The molecule has 1 fully saturated rings. The third-order valence-corrected chi connectivity index (χ3v) is 6.99. The molecule has 192 valence electrons. The molecule has 2 amide bonds. The molecule has 1 aliphatic rings. The number of aromatic nitrogens is 3. The van der Waals surface area contributed by atoms with Gasteiger partial charge in [-0.2, -0.15) is 9.61 Å². The molecule has 0 saturated carbocycles. The van der Waals surface area contributed by atoms with Gasteiger partial charge in [-0.15, -0.1) is 0 Å². The number of hydrogen-bond acceptors (Lipinski definition) is 8. The fourth-order valence-corrected chi connectivity index (χ4v) is 5.00. The summed E-state index contributed by atoms with van der Waals surface area (Å²) < 4.78 is 25.0. The Bertz CT molecular complexity index is 1460. The van der Waals surface area contributed by atoms with E-state index >= 15 is 0 Å². The second-order valence-corrected chi connectivity index (χ2v) is 9.44. The third kappa shape index (κ3) is 5.54. The number of halogens is 1. The van der Waals surface area contributed by atoms with Crippen LogP contribution in [0.4, 0.5) is 14.9 Å². The van der Waals surface area contributed by atoms with Crippen molar-refractivity contribution in [2.24, 2.45) is 0 Å². The highest BCUT2D eigenvalue weighted by molar-refractivity contribution is 7.19. The van der Waals surface area contributed by atoms with Gasteiger partial charge in [-0.05, 0) is 24.3 Å². The lowest BCUT2D eigenvalue weighted by molar-refractivity contribution is 0.142. The Morgan fingerprint density at radius 3 is 2.35 bits per heavy atom. The van der Waals surface area contributed by atoms with Crippen LogP contribution in [0.3, 0.4) is 0 Å². The van der Waals surface area contributed by atoms with E-state index in [-0.39, 0.29) is 17.4 Å². The minimum atomic E-state index is -0.333. The number of nitrogens with zero attached hydrogens (tertiary/aromatic N) is 5. The zero-order valence-electron chi connectivity index (χ0n) is 20.3. The molecule has 0 radical (unpaired) electrons. The molecule has 10 nitrogen and oxygen atoms in total. The van der Waals surface area contributed by atoms with Crippen LogP contribution >= 0.6 is 11.3 Å². The first-order valence-electron chi connectivity index (χ1n) is 11.6. The molecule has 0 aliphatic carbocycles. The van der Waals surface area contributed by atoms with Crippen LogP contribution in [-0.4, -0.2) is 70.8 Å². The van der Waals surface area contributed by atoms with E-state index in [0.717, 1.165) is 5.56 Å². The number of methoxy groups -OCH3 is 2. The van der Waals surface area contributed by atoms with Crippen molar-refractivity contribution < 1.29 is 18.7 Å². The van der Waals surface area contributed by atoms with Crippen molar-refractivity contribution in [3.63, 3.8) is 0 Å². The summed E-state index contributed by atoms with van der Waals surface area (Å²) in [6.45, 7) is 2.82. The number of benzene rings is 2. The maximum atomic E-state index is 13.2. The second kappa shape index (κ2) is 10.5. The summed E-state index contributed by atoms with van der Waals surface area (Å²) in [4.78, 5) is 34.4. The molecule has 0 atom stereocenters. The van der Waals surface area contributed by atoms with Crippen LogP contribution in [0.1, 0.15) is 5.69 Å². The van der Waals surface area contributed by atoms with Crippen molar-refractivity contribution in [1.82, 2.24) is 24.4 Å². The van der Waals surface area contributed by atoms with Gasteiger partial charge in [0.05, 0.1) is 19.9 Å². The number of rotatable bonds is 6. The average Bonchev–Trinajstić information content (AvgIpc) is 3.34. The first kappa shape index (κ1) is 24.7. The molecule has 1 saturated heterocycles. The van der Waals surface area contributed by atoms with E-state index in [9.17, 15) is 14.0 Å². The molecule has 0 unspecified atom stereocenters. The SMILES string of the molecule is COc1cc(NC(=O)N2CCN(Cc3cc(=O)n4nc(-c5ccc(F)cc5)sc4n3)CC2)cc(OC)c1. The summed E-state index contributed by atoms with van der Waals surface area (Å²) in [7, 11) is 3.11. The highest BCUT2D eigenvalue weighted by Gasteiger charge is 2.22. The normalized spacial score (nSPS) is 14.1. The van der Waals surface area contributed by atoms with Gasteiger partial charge in [0, 0.05) is 68.2 Å². The number of carbonyl (C=O) groups is 1. The predicted molar refractivity (Wildman–Crippen MR) is 138 cm³/mol. The fourth-order valence-electron chi connectivity index (χ4n) is 4.07. The fraction of sp³-hybridized carbons (Fsp3) is 0.280. The minimum Gasteiger partial charge on any atom is -0.497 e. The molecule has 0 spiro atoms. The Morgan fingerprint density at radius 1 is 1.03 bits per heavy atom. The quantitative estimate of drug-likeness (QED) is 0.413. The van der Waals surface area contributed by atoms with E-state index in [2.05, 4.69) is 20.3 Å². The maximum Gasteiger partial charge on any atom is 0.321 e. The van der Waals surface area contributed by atoms with E-state index in [1.54, 1.807) is 49.5 Å². The van der Waals surface area contributed by atoms with E-state index < -0.39 is 0 Å². The number of amides is 2. The largest absolute Gasteiger partial charge is 0.497 e. The number of fused-ring (bicyclic) bond motifs is 1. The van der Waals surface area contributed by atoms with Crippen LogP contribution in [0.2, 0.25) is 0 Å². The molecular formula is C25H25FN6O4S. The molecule has 1 aliphatic heterocycles. The molecule has 3 heterocycles. The molecule has 1 N–H and O–H groups in total. The lowest BCUT2D eigenvalue weighted by Gasteiger charge is -2.34. The number of piperazine rings is 1. The van der Waals surface area contributed by atoms with Gasteiger partial charge in [-0.1, -0.05) is 11.3 Å². The zero-order chi connectivity index (χ0) is 25.9. The van der Waals surface area contributed by atoms with Gasteiger partial charge in [0.15, 0.2) is 0 Å². The predicted octanol–water partition coefficient (Wildman–Crippen LogP) is 3.32. The Balaban J connectivity index is 1.21. The molecule has 2 aromatic heterocycles. The Labute approximate surface area is 215 Å². The number of hydrogen-bond donors (Lipinski definition) is 1. The van der Waals surface area contributed by atoms with Crippen LogP contribution < -0.4 is 20.3 Å². The number of nitrogens with one attached hydrogen (secondary N) is 1. The van der Waals surface area contributed by atoms with Gasteiger partial charge in [-0.25, -0.2) is 14.2 Å². The minimum absolute atomic E-state index is 0.203. The molecule has 0 bridgehead atoms. The lowest BCUT2D eigenvalue weighted by atomic mass is 10.2. The van der Waals surface area contributed by atoms with Crippen LogP contribution in [0, 0.1) is 5.82 Å². The summed E-state index contributed by atoms with van der Waals surface area (Å²) in [5.41, 5.74) is 1.68. The maximum absolute atomic E-state index is 13.2. The van der Waals surface area contributed by atoms with Crippen LogP contribution in [0.5, 0.6) is 11.5 Å². The molecule has 37 heavy (non-hydrogen) atoms. The third-order valence-electron chi connectivity index (χ3n) is 6.04. The molecule has 4 aromatic rings. The van der Waals surface area contributed by atoms with Crippen LogP contribution in [-0.2, 0) is 6.54 Å². The second-order valence-electron chi connectivity index (χ2n) is 8.49. The van der Waals surface area contributed by atoms with Gasteiger partial charge in [-0.3, -0.25) is 9.69 Å². The number of urea groups is 1. The number of anilines is 1. The first-order chi connectivity index (χ1) is 17.9. The zero-order valence-corrected chi connectivity index (χ0v) is 21.1. The topological polar surface area (TPSA) is 101 Å². The van der Waals surface area contributed by atoms with Crippen molar-refractivity contribution in [3.8, 4) is 22.1 Å². The van der Waals surface area contributed by atoms with Gasteiger partial charge in [0.2, 0.25) is 4.96 Å². The average molecular weight is 525 g/mol. The van der Waals surface area contributed by atoms with Gasteiger partial charge < -0.3 is 19.7 Å². The Hall–Kier alpha value is -4.03. The van der Waals surface area contributed by atoms with E-state index in [1.807, 2.05) is 0 Å². The Morgan fingerprint density at radius 2 is 1.70 bits per heavy atom. The van der Waals surface area contributed by atoms with Crippen molar-refractivity contribution >= 4 is 28.0 Å². The first-order valence-corrected chi connectivity index (χ1v) is 12.4. The van der Waals surface area contributed by atoms with E-state index in [1.165, 1.54) is 34.1 Å². The Kier molecular flexibility index (Phi) is 7.01. The molecule has 12 heteroatoms. The van der Waals surface area contributed by atoms with Crippen molar-refractivity contribution in [3.05, 3.63) is 70.4 Å². The van der Waals surface area contributed by atoms with E-state index in [4.69, 9.17) is 9.47 Å².